The minimum Gasteiger partial charge on any atom is -0.295 e. The number of carbonyl (C=O) groups is 4. The van der Waals surface area contributed by atoms with Crippen LogP contribution in [0.2, 0.25) is 0 Å². The van der Waals surface area contributed by atoms with Crippen LogP contribution in [0.5, 0.6) is 0 Å². The summed E-state index contributed by atoms with van der Waals surface area (Å²) in [6.45, 7) is 23.1. The number of Topliss-reactive ketones (excluding diaryl/α,β-unsaturated/α-hetero) is 4. The maximum absolute atomic E-state index is 14.1. The summed E-state index contributed by atoms with van der Waals surface area (Å²) in [6, 6.07) is 0. The molecule has 0 unspecified atom stereocenters. The van der Waals surface area contributed by atoms with E-state index in [0.717, 1.165) is 42.2 Å². The van der Waals surface area contributed by atoms with Gasteiger partial charge in [-0.1, -0.05) is 23.5 Å². The number of carbonyl (C=O) groups excluding carboxylic acids is 4. The molecule has 2 N–H and O–H groups in total. The van der Waals surface area contributed by atoms with E-state index in [1.807, 2.05) is 69.2 Å². The molecule has 2 saturated heterocycles. The SMILES string of the molecule is CC1=C2SC3=C(CCC4=C5SC6=C(C)C(=O)C(C)(C)N[C@]6(C)CC5=NC(C)(C)C4=O)C(=O)C(C)(C)N=C3C[C@@]2(C)NC(C)(C)C1=O. The summed E-state index contributed by atoms with van der Waals surface area (Å²) in [5.74, 6) is 0.00195. The molecular weight excluding hydrogens is 617 g/mol. The van der Waals surface area contributed by atoms with Crippen LogP contribution in [0.15, 0.2) is 51.9 Å². The molecule has 0 spiro atoms. The van der Waals surface area contributed by atoms with Crippen LogP contribution in [0, 0.1) is 0 Å². The van der Waals surface area contributed by atoms with E-state index in [2.05, 4.69) is 24.5 Å². The van der Waals surface area contributed by atoms with Gasteiger partial charge in [-0.25, -0.2) is 0 Å². The van der Waals surface area contributed by atoms with Crippen molar-refractivity contribution in [3.05, 3.63) is 41.9 Å². The predicted octanol–water partition coefficient (Wildman–Crippen LogP) is 6.12. The largest absolute Gasteiger partial charge is 0.295 e. The van der Waals surface area contributed by atoms with E-state index in [1.165, 1.54) is 23.5 Å². The number of ketones is 4. The smallest absolute Gasteiger partial charge is 0.186 e. The molecule has 46 heavy (non-hydrogen) atoms. The number of allylic oxidation sites excluding steroid dienone is 2. The van der Waals surface area contributed by atoms with Gasteiger partial charge < -0.3 is 0 Å². The molecular formula is C36H46N4O4S2. The number of aliphatic imine (C=N–C) groups is 2. The highest BCUT2D eigenvalue weighted by Gasteiger charge is 2.53. The lowest BCUT2D eigenvalue weighted by Gasteiger charge is -2.49. The van der Waals surface area contributed by atoms with E-state index < -0.39 is 33.2 Å². The van der Waals surface area contributed by atoms with Gasteiger partial charge in [0.2, 0.25) is 0 Å². The molecule has 0 saturated carbocycles. The summed E-state index contributed by atoms with van der Waals surface area (Å²) in [4.78, 5) is 68.1. The average Bonchev–Trinajstić information content (AvgIpc) is 2.90. The van der Waals surface area contributed by atoms with Crippen LogP contribution in [-0.2, 0) is 19.2 Å². The lowest BCUT2D eigenvalue weighted by Crippen LogP contribution is -2.64. The quantitative estimate of drug-likeness (QED) is 0.371. The lowest BCUT2D eigenvalue weighted by atomic mass is 9.76. The minimum atomic E-state index is -0.939. The van der Waals surface area contributed by atoms with E-state index >= 15 is 0 Å². The van der Waals surface area contributed by atoms with Crippen molar-refractivity contribution >= 4 is 58.1 Å². The van der Waals surface area contributed by atoms with Crippen LogP contribution < -0.4 is 10.6 Å². The van der Waals surface area contributed by atoms with Gasteiger partial charge in [-0.2, -0.15) is 0 Å². The Kier molecular flexibility index (Phi) is 7.33. The summed E-state index contributed by atoms with van der Waals surface area (Å²) in [5, 5.41) is 7.17. The highest BCUT2D eigenvalue weighted by atomic mass is 32.2. The monoisotopic (exact) mass is 662 g/mol. The maximum atomic E-state index is 14.1. The number of hydrogen-bond donors (Lipinski definition) is 2. The summed E-state index contributed by atoms with van der Waals surface area (Å²) >= 11 is 2.98. The van der Waals surface area contributed by atoms with Gasteiger partial charge >= 0.3 is 0 Å². The Hall–Kier alpha value is -2.40. The van der Waals surface area contributed by atoms with Gasteiger partial charge in [0, 0.05) is 54.8 Å². The van der Waals surface area contributed by atoms with Crippen LogP contribution in [0.25, 0.3) is 0 Å². The summed E-state index contributed by atoms with van der Waals surface area (Å²) in [7, 11) is 0. The Bertz CT molecular complexity index is 1640. The second kappa shape index (κ2) is 10.1. The fourth-order valence-electron chi connectivity index (χ4n) is 8.43. The predicted molar refractivity (Wildman–Crippen MR) is 187 cm³/mol. The van der Waals surface area contributed by atoms with E-state index in [9.17, 15) is 19.2 Å². The van der Waals surface area contributed by atoms with Gasteiger partial charge in [0.05, 0.1) is 33.6 Å². The molecule has 0 aromatic rings. The topological polar surface area (TPSA) is 117 Å². The molecule has 2 atom stereocenters. The number of dihydropyridines is 2. The second-order valence-electron chi connectivity index (χ2n) is 16.3. The van der Waals surface area contributed by atoms with E-state index in [1.54, 1.807) is 0 Å². The van der Waals surface area contributed by atoms with Crippen LogP contribution in [0.3, 0.4) is 0 Å². The first-order valence-corrected chi connectivity index (χ1v) is 17.8. The number of hydrogen-bond acceptors (Lipinski definition) is 10. The Balaban J connectivity index is 1.43. The van der Waals surface area contributed by atoms with Crippen LogP contribution in [0.1, 0.15) is 109 Å². The van der Waals surface area contributed by atoms with Gasteiger partial charge in [0.15, 0.2) is 23.1 Å². The third-order valence-electron chi connectivity index (χ3n) is 10.3. The zero-order chi connectivity index (χ0) is 34.2. The zero-order valence-corrected chi connectivity index (χ0v) is 30.8. The molecule has 2 fully saturated rings. The van der Waals surface area contributed by atoms with Crippen molar-refractivity contribution < 1.29 is 19.2 Å². The van der Waals surface area contributed by atoms with Crippen LogP contribution >= 0.6 is 23.5 Å². The third-order valence-corrected chi connectivity index (χ3v) is 13.6. The molecule has 0 aliphatic carbocycles. The molecule has 0 amide bonds. The first kappa shape index (κ1) is 33.5. The molecule has 6 aliphatic rings. The molecule has 10 heteroatoms. The molecule has 0 aromatic heterocycles. The van der Waals surface area contributed by atoms with Crippen molar-refractivity contribution in [2.24, 2.45) is 9.98 Å². The first-order valence-electron chi connectivity index (χ1n) is 16.1. The molecule has 6 rings (SSSR count). The summed E-state index contributed by atoms with van der Waals surface area (Å²) < 4.78 is 0. The number of nitrogens with zero attached hydrogens (tertiary/aromatic N) is 2. The van der Waals surface area contributed by atoms with Gasteiger partial charge in [-0.15, -0.1) is 0 Å². The van der Waals surface area contributed by atoms with Gasteiger partial charge in [0.25, 0.3) is 0 Å². The molecule has 8 nitrogen and oxygen atoms in total. The summed E-state index contributed by atoms with van der Waals surface area (Å²) in [6.07, 6.45) is 1.87. The average molecular weight is 663 g/mol. The van der Waals surface area contributed by atoms with Crippen LogP contribution in [-0.4, -0.2) is 67.8 Å². The van der Waals surface area contributed by atoms with Crippen LogP contribution in [0.4, 0.5) is 0 Å². The number of fused-ring (bicyclic) bond motifs is 4. The third kappa shape index (κ3) is 4.88. The van der Waals surface area contributed by atoms with E-state index in [0.29, 0.717) is 36.8 Å². The molecule has 0 aromatic carbocycles. The maximum Gasteiger partial charge on any atom is 0.186 e. The highest BCUT2D eigenvalue weighted by Crippen LogP contribution is 2.54. The van der Waals surface area contributed by atoms with Gasteiger partial charge in [-0.3, -0.25) is 39.8 Å². The van der Waals surface area contributed by atoms with Crippen molar-refractivity contribution in [2.75, 3.05) is 0 Å². The van der Waals surface area contributed by atoms with Crippen molar-refractivity contribution in [1.82, 2.24) is 10.6 Å². The van der Waals surface area contributed by atoms with E-state index in [-0.39, 0.29) is 23.1 Å². The number of nitrogens with one attached hydrogen (secondary N) is 2. The first-order chi connectivity index (χ1) is 20.9. The van der Waals surface area contributed by atoms with Crippen molar-refractivity contribution in [2.45, 2.75) is 142 Å². The Morgan fingerprint density at radius 2 is 0.891 bits per heavy atom. The standard InChI is InChI=1S/C36H46N4O4S2/c1-17-25(41)33(7,8)39-35(11)15-21-23(45-29(17)35)19(27(43)31(3,4)37-21)13-14-20-24-22(38-32(5,6)28(20)44)16-36(12)30(46-24)18(2)26(42)34(9,10)40-36/h39-40H,13-16H2,1-12H3/t35-,36-/m1/s1. The zero-order valence-electron chi connectivity index (χ0n) is 29.2. The second-order valence-corrected chi connectivity index (χ2v) is 18.3. The fourth-order valence-corrected chi connectivity index (χ4v) is 11.1. The molecule has 246 valence electrons. The highest BCUT2D eigenvalue weighted by molar-refractivity contribution is 8.08. The van der Waals surface area contributed by atoms with Crippen molar-refractivity contribution in [3.63, 3.8) is 0 Å². The van der Waals surface area contributed by atoms with Gasteiger partial charge in [-0.05, 0) is 95.9 Å². The molecule has 0 bridgehead atoms. The fraction of sp³-hybridized carbons (Fsp3) is 0.611. The van der Waals surface area contributed by atoms with Crippen molar-refractivity contribution in [3.8, 4) is 0 Å². The van der Waals surface area contributed by atoms with Crippen molar-refractivity contribution in [1.29, 1.82) is 0 Å². The number of thioether (sulfide) groups is 2. The normalized spacial score (nSPS) is 33.0. The minimum absolute atomic E-state index is 0.0511. The number of rotatable bonds is 3. The Morgan fingerprint density at radius 1 is 0.565 bits per heavy atom. The summed E-state index contributed by atoms with van der Waals surface area (Å²) in [5.41, 5.74) is 0.270. The molecule has 6 aliphatic heterocycles. The Morgan fingerprint density at radius 3 is 1.22 bits per heavy atom. The van der Waals surface area contributed by atoms with Gasteiger partial charge in [0.1, 0.15) is 11.1 Å². The Labute approximate surface area is 281 Å². The molecule has 0 radical (unpaired) electrons. The van der Waals surface area contributed by atoms with E-state index in [4.69, 9.17) is 9.98 Å². The lowest BCUT2D eigenvalue weighted by molar-refractivity contribution is -0.122. The molecule has 6 heterocycles.